The molecule has 1 aromatic heterocycles. The molecule has 2 aromatic rings. The summed E-state index contributed by atoms with van der Waals surface area (Å²) in [6.45, 7) is 2.70. The number of hydrogen-bond acceptors (Lipinski definition) is 6. The van der Waals surface area contributed by atoms with E-state index in [4.69, 9.17) is 9.92 Å². The molecule has 3 rings (SSSR count). The van der Waals surface area contributed by atoms with Gasteiger partial charge in [-0.05, 0) is 63.1 Å². The Hall–Kier alpha value is -2.19. The highest BCUT2D eigenvalue weighted by atomic mass is 32.2. The van der Waals surface area contributed by atoms with Crippen molar-refractivity contribution < 1.29 is 17.4 Å². The SMILES string of the molecule is CC1CCC(n2cnc(C[C@H](CCCN)C(=O)OS(=O)(=O)c3ccccc3)c2)CC1. The fourth-order valence-corrected chi connectivity index (χ4v) is 4.90. The molecule has 2 N–H and O–H groups in total. The van der Waals surface area contributed by atoms with Gasteiger partial charge in [0.15, 0.2) is 0 Å². The molecule has 0 radical (unpaired) electrons. The molecule has 1 aromatic carbocycles. The van der Waals surface area contributed by atoms with Gasteiger partial charge in [0, 0.05) is 18.7 Å². The van der Waals surface area contributed by atoms with E-state index in [0.29, 0.717) is 31.8 Å². The molecule has 30 heavy (non-hydrogen) atoms. The van der Waals surface area contributed by atoms with Crippen LogP contribution in [0.1, 0.15) is 57.2 Å². The first kappa shape index (κ1) is 22.5. The van der Waals surface area contributed by atoms with Crippen molar-refractivity contribution in [2.45, 2.75) is 62.8 Å². The minimum Gasteiger partial charge on any atom is -0.342 e. The van der Waals surface area contributed by atoms with Crippen LogP contribution in [0.2, 0.25) is 0 Å². The molecule has 0 bridgehead atoms. The van der Waals surface area contributed by atoms with Crippen LogP contribution >= 0.6 is 0 Å². The monoisotopic (exact) mass is 433 g/mol. The Morgan fingerprint density at radius 1 is 1.23 bits per heavy atom. The van der Waals surface area contributed by atoms with Crippen molar-refractivity contribution in [1.29, 1.82) is 0 Å². The topological polar surface area (TPSA) is 104 Å². The van der Waals surface area contributed by atoms with Crippen molar-refractivity contribution in [3.8, 4) is 0 Å². The minimum absolute atomic E-state index is 0.0354. The normalized spacial score (nSPS) is 20.6. The number of carbonyl (C=O) groups is 1. The Morgan fingerprint density at radius 2 is 1.93 bits per heavy atom. The number of nitrogens with two attached hydrogens (primary N) is 1. The van der Waals surface area contributed by atoms with Crippen molar-refractivity contribution in [2.24, 2.45) is 17.6 Å². The highest BCUT2D eigenvalue weighted by molar-refractivity contribution is 7.87. The van der Waals surface area contributed by atoms with Crippen molar-refractivity contribution in [3.63, 3.8) is 0 Å². The molecule has 0 unspecified atom stereocenters. The van der Waals surface area contributed by atoms with Crippen molar-refractivity contribution in [1.82, 2.24) is 9.55 Å². The standard InChI is InChI=1S/C22H31N3O4S/c1-17-9-11-20(12-10-17)25-15-19(24-16-25)14-18(6-5-13-23)22(26)29-30(27,28)21-7-3-2-4-8-21/h2-4,7-8,15-18,20H,5-6,9-14,23H2,1H3/t17?,18-,20?/m0/s1. The van der Waals surface area contributed by atoms with Crippen LogP contribution in [0.5, 0.6) is 0 Å². The molecule has 8 heteroatoms. The second-order valence-corrected chi connectivity index (χ2v) is 9.77. The van der Waals surface area contributed by atoms with Gasteiger partial charge in [0.25, 0.3) is 0 Å². The van der Waals surface area contributed by atoms with Gasteiger partial charge in [-0.2, -0.15) is 8.42 Å². The predicted molar refractivity (Wildman–Crippen MR) is 114 cm³/mol. The third-order valence-corrected chi connectivity index (χ3v) is 7.06. The lowest BCUT2D eigenvalue weighted by atomic mass is 9.87. The van der Waals surface area contributed by atoms with Crippen LogP contribution < -0.4 is 5.73 Å². The zero-order valence-electron chi connectivity index (χ0n) is 17.4. The Balaban J connectivity index is 1.68. The molecule has 1 saturated carbocycles. The van der Waals surface area contributed by atoms with Crippen molar-refractivity contribution in [2.75, 3.05) is 6.54 Å². The average Bonchev–Trinajstić information content (AvgIpc) is 3.20. The van der Waals surface area contributed by atoms with Crippen LogP contribution in [0.25, 0.3) is 0 Å². The fourth-order valence-electron chi connectivity index (χ4n) is 3.96. The fraction of sp³-hybridized carbons (Fsp3) is 0.545. The summed E-state index contributed by atoms with van der Waals surface area (Å²) in [6, 6.07) is 8.13. The van der Waals surface area contributed by atoms with Crippen molar-refractivity contribution in [3.05, 3.63) is 48.5 Å². The molecule has 1 fully saturated rings. The summed E-state index contributed by atoms with van der Waals surface area (Å²) in [4.78, 5) is 17.1. The maximum absolute atomic E-state index is 12.7. The molecular weight excluding hydrogens is 402 g/mol. The molecule has 1 heterocycles. The van der Waals surface area contributed by atoms with Gasteiger partial charge in [0.2, 0.25) is 0 Å². The first-order valence-electron chi connectivity index (χ1n) is 10.6. The maximum Gasteiger partial charge on any atom is 0.341 e. The molecule has 0 amide bonds. The summed E-state index contributed by atoms with van der Waals surface area (Å²) in [5, 5.41) is 0. The van der Waals surface area contributed by atoms with E-state index in [1.807, 2.05) is 12.5 Å². The predicted octanol–water partition coefficient (Wildman–Crippen LogP) is 3.46. The number of rotatable bonds is 9. The molecule has 7 nitrogen and oxygen atoms in total. The third kappa shape index (κ3) is 5.92. The van der Waals surface area contributed by atoms with E-state index in [1.165, 1.54) is 25.0 Å². The highest BCUT2D eigenvalue weighted by Gasteiger charge is 2.28. The number of carbonyl (C=O) groups excluding carboxylic acids is 1. The van der Waals surface area contributed by atoms with Gasteiger partial charge < -0.3 is 14.5 Å². The number of aromatic nitrogens is 2. The van der Waals surface area contributed by atoms with E-state index >= 15 is 0 Å². The number of hydrogen-bond donors (Lipinski definition) is 1. The van der Waals surface area contributed by atoms with Crippen LogP contribution in [-0.2, 0) is 25.5 Å². The zero-order chi connectivity index (χ0) is 21.6. The molecule has 1 atom stereocenters. The lowest BCUT2D eigenvalue weighted by Crippen LogP contribution is -2.24. The zero-order valence-corrected chi connectivity index (χ0v) is 18.3. The van der Waals surface area contributed by atoms with E-state index in [2.05, 4.69) is 16.5 Å². The lowest BCUT2D eigenvalue weighted by molar-refractivity contribution is -0.138. The maximum atomic E-state index is 12.7. The average molecular weight is 434 g/mol. The van der Waals surface area contributed by atoms with Crippen molar-refractivity contribution >= 4 is 16.1 Å². The third-order valence-electron chi connectivity index (χ3n) is 5.83. The number of imidazole rings is 1. The van der Waals surface area contributed by atoms with Crippen LogP contribution in [0.3, 0.4) is 0 Å². The Bertz CT molecular complexity index is 919. The van der Waals surface area contributed by atoms with E-state index in [0.717, 1.165) is 24.5 Å². The van der Waals surface area contributed by atoms with E-state index in [1.54, 1.807) is 18.2 Å². The van der Waals surface area contributed by atoms with Crippen LogP contribution in [-0.4, -0.2) is 30.5 Å². The first-order valence-corrected chi connectivity index (χ1v) is 12.1. The minimum atomic E-state index is -4.15. The summed E-state index contributed by atoms with van der Waals surface area (Å²) in [5.74, 6) is -0.596. The molecule has 164 valence electrons. The summed E-state index contributed by atoms with van der Waals surface area (Å²) < 4.78 is 31.9. The van der Waals surface area contributed by atoms with Gasteiger partial charge in [-0.1, -0.05) is 25.1 Å². The quantitative estimate of drug-likeness (QED) is 0.607. The second kappa shape index (κ2) is 10.2. The van der Waals surface area contributed by atoms with Crippen LogP contribution in [0.4, 0.5) is 0 Å². The van der Waals surface area contributed by atoms with Gasteiger partial charge in [0.05, 0.1) is 17.9 Å². The van der Waals surface area contributed by atoms with E-state index < -0.39 is 22.0 Å². The number of benzene rings is 1. The van der Waals surface area contributed by atoms with E-state index in [-0.39, 0.29) is 4.90 Å². The van der Waals surface area contributed by atoms with Gasteiger partial charge in [-0.25, -0.2) is 4.98 Å². The molecule has 0 aliphatic heterocycles. The Morgan fingerprint density at radius 3 is 2.60 bits per heavy atom. The largest absolute Gasteiger partial charge is 0.342 e. The van der Waals surface area contributed by atoms with E-state index in [9.17, 15) is 13.2 Å². The van der Waals surface area contributed by atoms with Gasteiger partial charge in [-0.15, -0.1) is 0 Å². The van der Waals surface area contributed by atoms with Crippen LogP contribution in [0, 0.1) is 11.8 Å². The molecule has 0 saturated heterocycles. The summed E-state index contributed by atoms with van der Waals surface area (Å²) in [6.07, 6.45) is 9.87. The van der Waals surface area contributed by atoms with Crippen LogP contribution in [0.15, 0.2) is 47.8 Å². The summed E-state index contributed by atoms with van der Waals surface area (Å²) >= 11 is 0. The molecular formula is C22H31N3O4S. The Labute approximate surface area is 178 Å². The summed E-state index contributed by atoms with van der Waals surface area (Å²) in [7, 11) is -4.15. The van der Waals surface area contributed by atoms with Gasteiger partial charge >= 0.3 is 16.1 Å². The Kier molecular flexibility index (Phi) is 7.66. The summed E-state index contributed by atoms with van der Waals surface area (Å²) in [5.41, 5.74) is 6.38. The smallest absolute Gasteiger partial charge is 0.341 e. The molecule has 1 aliphatic carbocycles. The van der Waals surface area contributed by atoms with Gasteiger partial charge in [0.1, 0.15) is 4.90 Å². The van der Waals surface area contributed by atoms with Gasteiger partial charge in [-0.3, -0.25) is 4.79 Å². The lowest BCUT2D eigenvalue weighted by Gasteiger charge is -2.26. The first-order chi connectivity index (χ1) is 14.4. The molecule has 1 aliphatic rings. The number of nitrogens with zero attached hydrogens (tertiary/aromatic N) is 2. The highest BCUT2D eigenvalue weighted by Crippen LogP contribution is 2.32. The molecule has 0 spiro atoms. The second-order valence-electron chi connectivity index (χ2n) is 8.23.